The summed E-state index contributed by atoms with van der Waals surface area (Å²) in [6.07, 6.45) is 1.41. The fourth-order valence-electron chi connectivity index (χ4n) is 1.56. The molecule has 0 unspecified atom stereocenters. The Kier molecular flexibility index (Phi) is 4.16. The maximum absolute atomic E-state index is 13.3. The average Bonchev–Trinajstić information content (AvgIpc) is 2.38. The van der Waals surface area contributed by atoms with Crippen molar-refractivity contribution in [3.63, 3.8) is 0 Å². The third-order valence-corrected chi connectivity index (χ3v) is 3.07. The highest BCUT2D eigenvalue weighted by Gasteiger charge is 2.03. The Labute approximate surface area is 116 Å². The predicted molar refractivity (Wildman–Crippen MR) is 73.9 cm³/mol. The topological polar surface area (TPSA) is 66.9 Å². The first-order chi connectivity index (χ1) is 9.08. The molecule has 7 heteroatoms. The van der Waals surface area contributed by atoms with Gasteiger partial charge in [0, 0.05) is 19.3 Å². The second-order valence-electron chi connectivity index (χ2n) is 3.84. The van der Waals surface area contributed by atoms with Gasteiger partial charge in [-0.05, 0) is 28.1 Å². The van der Waals surface area contributed by atoms with Gasteiger partial charge in [-0.2, -0.15) is 0 Å². The molecular formula is C12H11BrFN3O2. The summed E-state index contributed by atoms with van der Waals surface area (Å²) in [6.45, 7) is 0.669. The van der Waals surface area contributed by atoms with Crippen molar-refractivity contribution in [1.29, 1.82) is 0 Å². The van der Waals surface area contributed by atoms with Gasteiger partial charge in [0.05, 0.1) is 10.2 Å². The first-order valence-corrected chi connectivity index (χ1v) is 6.35. The second kappa shape index (κ2) is 5.83. The summed E-state index contributed by atoms with van der Waals surface area (Å²) in [5.41, 5.74) is -0.592. The molecule has 5 nitrogen and oxygen atoms in total. The van der Waals surface area contributed by atoms with Crippen molar-refractivity contribution < 1.29 is 4.39 Å². The van der Waals surface area contributed by atoms with Crippen molar-refractivity contribution in [3.8, 4) is 0 Å². The van der Waals surface area contributed by atoms with E-state index in [-0.39, 0.29) is 10.3 Å². The molecule has 0 spiro atoms. The summed E-state index contributed by atoms with van der Waals surface area (Å²) in [5, 5.41) is 2.88. The van der Waals surface area contributed by atoms with Crippen molar-refractivity contribution in [2.75, 3.05) is 11.9 Å². The molecule has 1 heterocycles. The number of nitrogens with one attached hydrogen (secondary N) is 2. The number of anilines is 1. The van der Waals surface area contributed by atoms with Gasteiger partial charge >= 0.3 is 5.69 Å². The van der Waals surface area contributed by atoms with Crippen LogP contribution in [0, 0.1) is 5.82 Å². The standard InChI is InChI=1S/C12H11BrFN3O2/c13-8-7-17(12(19)16-11(8)18)6-5-15-10-4-2-1-3-9(10)14/h1-4,7,15H,5-6H2,(H,16,18,19). The molecule has 0 atom stereocenters. The minimum absolute atomic E-state index is 0.276. The summed E-state index contributed by atoms with van der Waals surface area (Å²) in [5.74, 6) is -0.350. The number of aromatic nitrogens is 2. The molecule has 0 aliphatic heterocycles. The minimum atomic E-state index is -0.497. The van der Waals surface area contributed by atoms with Gasteiger partial charge in [0.15, 0.2) is 0 Å². The Hall–Kier alpha value is -1.89. The number of halogens is 2. The van der Waals surface area contributed by atoms with Gasteiger partial charge in [-0.15, -0.1) is 0 Å². The van der Waals surface area contributed by atoms with E-state index in [1.54, 1.807) is 18.2 Å². The van der Waals surface area contributed by atoms with E-state index < -0.39 is 11.2 Å². The van der Waals surface area contributed by atoms with Crippen LogP contribution in [0.25, 0.3) is 0 Å². The fraction of sp³-hybridized carbons (Fsp3) is 0.167. The van der Waals surface area contributed by atoms with Crippen molar-refractivity contribution >= 4 is 21.6 Å². The molecule has 0 saturated heterocycles. The Bertz CT molecular complexity index is 696. The van der Waals surface area contributed by atoms with E-state index in [0.29, 0.717) is 18.8 Å². The maximum atomic E-state index is 13.3. The molecular weight excluding hydrogens is 317 g/mol. The van der Waals surface area contributed by atoms with Crippen LogP contribution >= 0.6 is 15.9 Å². The third kappa shape index (κ3) is 3.31. The van der Waals surface area contributed by atoms with Crippen LogP contribution < -0.4 is 16.6 Å². The Morgan fingerprint density at radius 3 is 2.79 bits per heavy atom. The zero-order chi connectivity index (χ0) is 13.8. The lowest BCUT2D eigenvalue weighted by atomic mass is 10.3. The summed E-state index contributed by atoms with van der Waals surface area (Å²) in [4.78, 5) is 24.8. The summed E-state index contributed by atoms with van der Waals surface area (Å²) >= 11 is 3.04. The molecule has 0 amide bonds. The third-order valence-electron chi connectivity index (χ3n) is 2.51. The van der Waals surface area contributed by atoms with Gasteiger partial charge < -0.3 is 5.32 Å². The molecule has 100 valence electrons. The smallest absolute Gasteiger partial charge is 0.328 e. The molecule has 0 bridgehead atoms. The first kappa shape index (κ1) is 13.5. The van der Waals surface area contributed by atoms with E-state index in [0.717, 1.165) is 0 Å². The lowest BCUT2D eigenvalue weighted by molar-refractivity contribution is 0.624. The molecule has 1 aromatic carbocycles. The van der Waals surface area contributed by atoms with E-state index in [2.05, 4.69) is 26.2 Å². The molecule has 0 aliphatic carbocycles. The normalized spacial score (nSPS) is 10.4. The van der Waals surface area contributed by atoms with Gasteiger partial charge in [-0.3, -0.25) is 14.3 Å². The van der Waals surface area contributed by atoms with Gasteiger partial charge in [-0.25, -0.2) is 9.18 Å². The number of hydrogen-bond donors (Lipinski definition) is 2. The molecule has 0 saturated carbocycles. The SMILES string of the molecule is O=c1[nH]c(=O)n(CCNc2ccccc2F)cc1Br. The van der Waals surface area contributed by atoms with Crippen LogP contribution in [0.4, 0.5) is 10.1 Å². The highest BCUT2D eigenvalue weighted by atomic mass is 79.9. The van der Waals surface area contributed by atoms with Crippen molar-refractivity contribution in [3.05, 3.63) is 61.6 Å². The van der Waals surface area contributed by atoms with Crippen LogP contribution in [0.2, 0.25) is 0 Å². The average molecular weight is 328 g/mol. The number of hydrogen-bond acceptors (Lipinski definition) is 3. The molecule has 2 N–H and O–H groups in total. The zero-order valence-electron chi connectivity index (χ0n) is 9.82. The van der Waals surface area contributed by atoms with Crippen LogP contribution in [0.3, 0.4) is 0 Å². The Morgan fingerprint density at radius 2 is 2.05 bits per heavy atom. The predicted octanol–water partition coefficient (Wildman–Crippen LogP) is 1.55. The highest BCUT2D eigenvalue weighted by Crippen LogP contribution is 2.11. The quantitative estimate of drug-likeness (QED) is 0.895. The van der Waals surface area contributed by atoms with E-state index in [9.17, 15) is 14.0 Å². The molecule has 0 fully saturated rings. The number of aromatic amines is 1. The zero-order valence-corrected chi connectivity index (χ0v) is 11.4. The van der Waals surface area contributed by atoms with Gasteiger partial charge in [0.2, 0.25) is 0 Å². The maximum Gasteiger partial charge on any atom is 0.328 e. The monoisotopic (exact) mass is 327 g/mol. The van der Waals surface area contributed by atoms with Gasteiger partial charge in [0.1, 0.15) is 5.82 Å². The summed E-state index contributed by atoms with van der Waals surface area (Å²) in [6, 6.07) is 6.28. The lowest BCUT2D eigenvalue weighted by Crippen LogP contribution is -2.31. The van der Waals surface area contributed by atoms with E-state index in [1.165, 1.54) is 16.8 Å². The van der Waals surface area contributed by atoms with Crippen molar-refractivity contribution in [1.82, 2.24) is 9.55 Å². The van der Waals surface area contributed by atoms with Crippen LogP contribution in [-0.4, -0.2) is 16.1 Å². The van der Waals surface area contributed by atoms with Crippen LogP contribution in [0.15, 0.2) is 44.5 Å². The van der Waals surface area contributed by atoms with Crippen LogP contribution in [0.5, 0.6) is 0 Å². The molecule has 1 aromatic heterocycles. The lowest BCUT2D eigenvalue weighted by Gasteiger charge is -2.09. The molecule has 19 heavy (non-hydrogen) atoms. The molecule has 0 aliphatic rings. The van der Waals surface area contributed by atoms with E-state index in [1.807, 2.05) is 0 Å². The summed E-state index contributed by atoms with van der Waals surface area (Å²) < 4.78 is 14.9. The van der Waals surface area contributed by atoms with Crippen LogP contribution in [-0.2, 0) is 6.54 Å². The number of para-hydroxylation sites is 1. The highest BCUT2D eigenvalue weighted by molar-refractivity contribution is 9.10. The Morgan fingerprint density at radius 1 is 1.32 bits per heavy atom. The number of H-pyrrole nitrogens is 1. The second-order valence-corrected chi connectivity index (χ2v) is 4.69. The first-order valence-electron chi connectivity index (χ1n) is 5.55. The molecule has 2 aromatic rings. The van der Waals surface area contributed by atoms with Gasteiger partial charge in [0.25, 0.3) is 5.56 Å². The fourth-order valence-corrected chi connectivity index (χ4v) is 1.91. The minimum Gasteiger partial charge on any atom is -0.381 e. The van der Waals surface area contributed by atoms with E-state index >= 15 is 0 Å². The Balaban J connectivity index is 2.04. The number of rotatable bonds is 4. The largest absolute Gasteiger partial charge is 0.381 e. The molecule has 0 radical (unpaired) electrons. The van der Waals surface area contributed by atoms with Gasteiger partial charge in [-0.1, -0.05) is 12.1 Å². The summed E-state index contributed by atoms with van der Waals surface area (Å²) in [7, 11) is 0. The van der Waals surface area contributed by atoms with Crippen molar-refractivity contribution in [2.45, 2.75) is 6.54 Å². The number of benzene rings is 1. The van der Waals surface area contributed by atoms with Crippen LogP contribution in [0.1, 0.15) is 0 Å². The number of nitrogens with zero attached hydrogens (tertiary/aromatic N) is 1. The van der Waals surface area contributed by atoms with Crippen molar-refractivity contribution in [2.24, 2.45) is 0 Å². The molecule has 2 rings (SSSR count). The van der Waals surface area contributed by atoms with E-state index in [4.69, 9.17) is 0 Å².